The normalized spacial score (nSPS) is 9.90. The minimum Gasteiger partial charge on any atom is -0.331 e. The largest absolute Gasteiger partial charge is 0.331 e. The Morgan fingerprint density at radius 1 is 1.35 bits per heavy atom. The first-order chi connectivity index (χ1) is 9.56. The molecule has 0 aliphatic rings. The zero-order valence-corrected chi connectivity index (χ0v) is 13.2. The molecule has 20 heavy (non-hydrogen) atoms. The number of amides is 1. The zero-order valence-electron chi connectivity index (χ0n) is 10.1. The average molecular weight is 371 g/mol. The number of nitrogens with zero attached hydrogens (tertiary/aromatic N) is 1. The van der Waals surface area contributed by atoms with Gasteiger partial charge < -0.3 is 5.32 Å². The van der Waals surface area contributed by atoms with E-state index in [-0.39, 0.29) is 11.0 Å². The van der Waals surface area contributed by atoms with Gasteiger partial charge in [-0.25, -0.2) is 0 Å². The number of halogens is 2. The Hall–Kier alpha value is -1.50. The first-order valence-corrected chi connectivity index (χ1v) is 7.11. The molecule has 0 atom stereocenters. The molecule has 2 rings (SSSR count). The van der Waals surface area contributed by atoms with Gasteiger partial charge in [0.05, 0.1) is 22.5 Å². The van der Waals surface area contributed by atoms with Crippen LogP contribution in [-0.2, 0) is 0 Å². The molecule has 1 amide bonds. The smallest absolute Gasteiger partial charge is 0.258 e. The van der Waals surface area contributed by atoms with Crippen molar-refractivity contribution >= 4 is 56.5 Å². The van der Waals surface area contributed by atoms with Crippen molar-refractivity contribution in [3.05, 3.63) is 57.8 Å². The lowest BCUT2D eigenvalue weighted by Crippen LogP contribution is -2.34. The Kier molecular flexibility index (Phi) is 5.05. The van der Waals surface area contributed by atoms with Gasteiger partial charge in [0.25, 0.3) is 5.91 Å². The molecule has 0 radical (unpaired) electrons. The van der Waals surface area contributed by atoms with E-state index in [1.54, 1.807) is 42.7 Å². The number of aromatic nitrogens is 1. The second kappa shape index (κ2) is 6.78. The molecule has 102 valence electrons. The summed E-state index contributed by atoms with van der Waals surface area (Å²) in [5.41, 5.74) is 1.04. The second-order valence-corrected chi connectivity index (χ2v) is 5.51. The summed E-state index contributed by atoms with van der Waals surface area (Å²) in [6.07, 6.45) is 3.25. The molecule has 2 N–H and O–H groups in total. The molecule has 1 aromatic heterocycles. The van der Waals surface area contributed by atoms with Gasteiger partial charge in [0.15, 0.2) is 5.11 Å². The van der Waals surface area contributed by atoms with Crippen LogP contribution in [0.3, 0.4) is 0 Å². The van der Waals surface area contributed by atoms with Crippen molar-refractivity contribution in [3.63, 3.8) is 0 Å². The first kappa shape index (κ1) is 14.9. The van der Waals surface area contributed by atoms with Gasteiger partial charge in [0.2, 0.25) is 0 Å². The van der Waals surface area contributed by atoms with Crippen LogP contribution in [0.1, 0.15) is 10.4 Å². The van der Waals surface area contributed by atoms with E-state index in [1.165, 1.54) is 0 Å². The number of hydrogen-bond donors (Lipinski definition) is 2. The number of anilines is 1. The molecule has 0 saturated carbocycles. The summed E-state index contributed by atoms with van der Waals surface area (Å²) in [6, 6.07) is 8.57. The van der Waals surface area contributed by atoms with Gasteiger partial charge in [-0.1, -0.05) is 27.5 Å². The number of thiocarbonyl (C=S) groups is 1. The van der Waals surface area contributed by atoms with Gasteiger partial charge in [-0.2, -0.15) is 0 Å². The Bertz CT molecular complexity index is 651. The maximum Gasteiger partial charge on any atom is 0.258 e. The lowest BCUT2D eigenvalue weighted by atomic mass is 10.2. The summed E-state index contributed by atoms with van der Waals surface area (Å²) in [7, 11) is 0. The molecule has 7 heteroatoms. The fourth-order valence-electron chi connectivity index (χ4n) is 1.44. The number of benzene rings is 1. The topological polar surface area (TPSA) is 54.0 Å². The van der Waals surface area contributed by atoms with E-state index in [2.05, 4.69) is 31.5 Å². The molecular weight excluding hydrogens is 362 g/mol. The fraction of sp³-hybridized carbons (Fsp3) is 0. The van der Waals surface area contributed by atoms with Gasteiger partial charge in [0, 0.05) is 10.7 Å². The molecule has 2 aromatic rings. The Morgan fingerprint density at radius 3 is 2.85 bits per heavy atom. The number of hydrogen-bond acceptors (Lipinski definition) is 3. The molecule has 1 aromatic carbocycles. The van der Waals surface area contributed by atoms with Crippen LogP contribution >= 0.6 is 39.7 Å². The molecule has 0 aliphatic heterocycles. The minimum atomic E-state index is -0.377. The van der Waals surface area contributed by atoms with Crippen LogP contribution < -0.4 is 10.6 Å². The van der Waals surface area contributed by atoms with Gasteiger partial charge >= 0.3 is 0 Å². The molecule has 0 bridgehead atoms. The predicted molar refractivity (Wildman–Crippen MR) is 87.1 cm³/mol. The molecule has 0 spiro atoms. The van der Waals surface area contributed by atoms with E-state index < -0.39 is 0 Å². The number of pyridine rings is 1. The van der Waals surface area contributed by atoms with Crippen LogP contribution in [0.4, 0.5) is 5.69 Å². The summed E-state index contributed by atoms with van der Waals surface area (Å²) in [6.45, 7) is 0. The van der Waals surface area contributed by atoms with Crippen molar-refractivity contribution in [1.29, 1.82) is 0 Å². The standard InChI is InChI=1S/C13H9BrClN3OS/c14-8-3-4-11(15)10(6-8)12(19)18-13(20)17-9-2-1-5-16-7-9/h1-7H,(H2,17,18,19,20). The van der Waals surface area contributed by atoms with E-state index in [1.807, 2.05) is 0 Å². The highest BCUT2D eigenvalue weighted by Crippen LogP contribution is 2.20. The maximum atomic E-state index is 12.1. The van der Waals surface area contributed by atoms with Crippen molar-refractivity contribution in [2.75, 3.05) is 5.32 Å². The van der Waals surface area contributed by atoms with Crippen molar-refractivity contribution in [1.82, 2.24) is 10.3 Å². The molecule has 0 fully saturated rings. The van der Waals surface area contributed by atoms with Crippen LogP contribution in [0.25, 0.3) is 0 Å². The van der Waals surface area contributed by atoms with E-state index in [4.69, 9.17) is 23.8 Å². The number of carbonyl (C=O) groups is 1. The summed E-state index contributed by atoms with van der Waals surface area (Å²) in [5.74, 6) is -0.377. The molecule has 0 unspecified atom stereocenters. The summed E-state index contributed by atoms with van der Waals surface area (Å²) in [5, 5.41) is 5.96. The van der Waals surface area contributed by atoms with E-state index in [0.29, 0.717) is 16.3 Å². The summed E-state index contributed by atoms with van der Waals surface area (Å²) in [4.78, 5) is 16.0. The van der Waals surface area contributed by atoms with E-state index >= 15 is 0 Å². The Balaban J connectivity index is 2.04. The number of nitrogens with one attached hydrogen (secondary N) is 2. The number of carbonyl (C=O) groups excluding carboxylic acids is 1. The van der Waals surface area contributed by atoms with Gasteiger partial charge in [-0.3, -0.25) is 15.1 Å². The van der Waals surface area contributed by atoms with Crippen LogP contribution in [0.2, 0.25) is 5.02 Å². The molecular formula is C13H9BrClN3OS. The van der Waals surface area contributed by atoms with Crippen LogP contribution in [0.5, 0.6) is 0 Å². The predicted octanol–water partition coefficient (Wildman–Crippen LogP) is 3.62. The third-order valence-corrected chi connectivity index (χ3v) is 3.35. The Labute approximate surface area is 134 Å². The second-order valence-electron chi connectivity index (χ2n) is 3.77. The van der Waals surface area contributed by atoms with Crippen LogP contribution in [0, 0.1) is 0 Å². The van der Waals surface area contributed by atoms with Gasteiger partial charge in [0.1, 0.15) is 0 Å². The SMILES string of the molecule is O=C(NC(=S)Nc1cccnc1)c1cc(Br)ccc1Cl. The third-order valence-electron chi connectivity index (χ3n) is 2.32. The number of rotatable bonds is 2. The highest BCUT2D eigenvalue weighted by molar-refractivity contribution is 9.10. The molecule has 1 heterocycles. The summed E-state index contributed by atoms with van der Waals surface area (Å²) >= 11 is 14.3. The van der Waals surface area contributed by atoms with Crippen molar-refractivity contribution in [3.8, 4) is 0 Å². The van der Waals surface area contributed by atoms with Crippen molar-refractivity contribution < 1.29 is 4.79 Å². The molecule has 0 saturated heterocycles. The fourth-order valence-corrected chi connectivity index (χ4v) is 2.22. The zero-order chi connectivity index (χ0) is 14.5. The van der Waals surface area contributed by atoms with Crippen molar-refractivity contribution in [2.24, 2.45) is 0 Å². The molecule has 0 aliphatic carbocycles. The maximum absolute atomic E-state index is 12.1. The van der Waals surface area contributed by atoms with Crippen LogP contribution in [0.15, 0.2) is 47.2 Å². The summed E-state index contributed by atoms with van der Waals surface area (Å²) < 4.78 is 0.762. The lowest BCUT2D eigenvalue weighted by Gasteiger charge is -2.10. The minimum absolute atomic E-state index is 0.180. The monoisotopic (exact) mass is 369 g/mol. The first-order valence-electron chi connectivity index (χ1n) is 5.53. The van der Waals surface area contributed by atoms with Crippen LogP contribution in [-0.4, -0.2) is 16.0 Å². The third kappa shape index (κ3) is 4.00. The van der Waals surface area contributed by atoms with E-state index in [0.717, 1.165) is 4.47 Å². The lowest BCUT2D eigenvalue weighted by molar-refractivity contribution is 0.0978. The van der Waals surface area contributed by atoms with Gasteiger partial charge in [-0.15, -0.1) is 0 Å². The average Bonchev–Trinajstić information content (AvgIpc) is 2.42. The van der Waals surface area contributed by atoms with Crippen molar-refractivity contribution in [2.45, 2.75) is 0 Å². The van der Waals surface area contributed by atoms with E-state index in [9.17, 15) is 4.79 Å². The highest BCUT2D eigenvalue weighted by atomic mass is 79.9. The van der Waals surface area contributed by atoms with Gasteiger partial charge in [-0.05, 0) is 42.5 Å². The quantitative estimate of drug-likeness (QED) is 0.793. The Morgan fingerprint density at radius 2 is 2.15 bits per heavy atom. The highest BCUT2D eigenvalue weighted by Gasteiger charge is 2.12. The molecule has 4 nitrogen and oxygen atoms in total.